The molecule has 4 rings (SSSR count). The molecule has 2 atom stereocenters. The second-order valence-corrected chi connectivity index (χ2v) is 9.19. The predicted molar refractivity (Wildman–Crippen MR) is 110 cm³/mol. The van der Waals surface area contributed by atoms with Gasteiger partial charge < -0.3 is 10.4 Å². The van der Waals surface area contributed by atoms with E-state index in [2.05, 4.69) is 20.8 Å². The number of aromatic nitrogens is 4. The molecule has 1 saturated heterocycles. The summed E-state index contributed by atoms with van der Waals surface area (Å²) in [5, 5.41) is 22.7. The highest BCUT2D eigenvalue weighted by Gasteiger charge is 2.54. The molecule has 0 spiro atoms. The number of aryl methyl sites for hydroxylation is 1. The molecule has 2 amide bonds. The molecular formula is C17H13ClF2N6O4S2. The number of carbonyl (C=O) groups excluding carboxylic acids is 2. The summed E-state index contributed by atoms with van der Waals surface area (Å²) in [6.45, 7) is 0. The third-order valence-corrected chi connectivity index (χ3v) is 7.50. The van der Waals surface area contributed by atoms with Gasteiger partial charge in [0, 0.05) is 18.6 Å². The van der Waals surface area contributed by atoms with Crippen LogP contribution in [0.2, 0.25) is 5.02 Å². The van der Waals surface area contributed by atoms with Crippen LogP contribution in [-0.4, -0.2) is 70.9 Å². The molecule has 32 heavy (non-hydrogen) atoms. The van der Waals surface area contributed by atoms with Crippen LogP contribution < -0.4 is 5.32 Å². The lowest BCUT2D eigenvalue weighted by Gasteiger charge is -2.49. The third kappa shape index (κ3) is 3.93. The van der Waals surface area contributed by atoms with Crippen molar-refractivity contribution in [2.24, 2.45) is 7.05 Å². The molecule has 15 heteroatoms. The molecule has 2 unspecified atom stereocenters. The Labute approximate surface area is 192 Å². The van der Waals surface area contributed by atoms with E-state index < -0.39 is 40.8 Å². The minimum atomic E-state index is -1.27. The van der Waals surface area contributed by atoms with Crippen LogP contribution in [0.1, 0.15) is 10.4 Å². The summed E-state index contributed by atoms with van der Waals surface area (Å²) < 4.78 is 28.2. The predicted octanol–water partition coefficient (Wildman–Crippen LogP) is 1.29. The standard InChI is InChI=1S/C17H13ClF2N6O4S2/c1-25-17(22-23-24-25)32-5-6-4-31-15-11(14(28)26(15)12(6)16(29)30)21-13(27)7-2-9(19)10(20)3-8(7)18/h2-3,11,15H,4-5H2,1H3,(H,21,27)(H,29,30). The van der Waals surface area contributed by atoms with Gasteiger partial charge in [-0.1, -0.05) is 23.4 Å². The number of halogens is 3. The highest BCUT2D eigenvalue weighted by atomic mass is 35.5. The Morgan fingerprint density at radius 2 is 2.09 bits per heavy atom. The summed E-state index contributed by atoms with van der Waals surface area (Å²) in [5.74, 6) is -4.70. The number of nitrogens with zero attached hydrogens (tertiary/aromatic N) is 5. The molecule has 168 valence electrons. The molecule has 2 aliphatic heterocycles. The molecule has 3 heterocycles. The maximum absolute atomic E-state index is 13.5. The number of amides is 2. The van der Waals surface area contributed by atoms with Crippen LogP contribution in [0.5, 0.6) is 0 Å². The molecule has 2 N–H and O–H groups in total. The van der Waals surface area contributed by atoms with Crippen LogP contribution in [0.15, 0.2) is 28.6 Å². The van der Waals surface area contributed by atoms with Crippen molar-refractivity contribution in [1.29, 1.82) is 0 Å². The fourth-order valence-corrected chi connectivity index (χ4v) is 5.78. The number of fused-ring (bicyclic) bond motifs is 1. The van der Waals surface area contributed by atoms with Gasteiger partial charge in [0.25, 0.3) is 11.8 Å². The average molecular weight is 503 g/mol. The Kier molecular flexibility index (Phi) is 6.09. The van der Waals surface area contributed by atoms with E-state index in [-0.39, 0.29) is 22.0 Å². The number of β-lactam (4-membered cyclic amide) rings is 1. The smallest absolute Gasteiger partial charge is 0.352 e. The largest absolute Gasteiger partial charge is 0.477 e. The van der Waals surface area contributed by atoms with Gasteiger partial charge in [0.15, 0.2) is 11.6 Å². The van der Waals surface area contributed by atoms with Crippen LogP contribution in [0.3, 0.4) is 0 Å². The molecule has 0 radical (unpaired) electrons. The number of benzene rings is 1. The normalized spacial score (nSPS) is 20.1. The van der Waals surface area contributed by atoms with Gasteiger partial charge in [-0.3, -0.25) is 14.5 Å². The number of tetrazole rings is 1. The van der Waals surface area contributed by atoms with Crippen molar-refractivity contribution >= 4 is 52.9 Å². The Morgan fingerprint density at radius 3 is 2.75 bits per heavy atom. The van der Waals surface area contributed by atoms with Crippen molar-refractivity contribution in [3.63, 3.8) is 0 Å². The van der Waals surface area contributed by atoms with Crippen molar-refractivity contribution in [1.82, 2.24) is 30.4 Å². The molecular weight excluding hydrogens is 490 g/mol. The zero-order chi connectivity index (χ0) is 23.2. The van der Waals surface area contributed by atoms with E-state index in [1.165, 1.54) is 28.2 Å². The number of aliphatic carboxylic acids is 1. The first-order valence-corrected chi connectivity index (χ1v) is 11.3. The maximum Gasteiger partial charge on any atom is 0.352 e. The van der Waals surface area contributed by atoms with Crippen LogP contribution in [0.25, 0.3) is 0 Å². The molecule has 1 fully saturated rings. The van der Waals surface area contributed by atoms with Crippen molar-refractivity contribution in [2.45, 2.75) is 16.6 Å². The van der Waals surface area contributed by atoms with E-state index in [0.29, 0.717) is 28.6 Å². The summed E-state index contributed by atoms with van der Waals surface area (Å²) in [4.78, 5) is 38.2. The summed E-state index contributed by atoms with van der Waals surface area (Å²) in [5.41, 5.74) is 0.0206. The first-order valence-electron chi connectivity index (χ1n) is 8.89. The summed E-state index contributed by atoms with van der Waals surface area (Å²) in [6, 6.07) is 0.266. The van der Waals surface area contributed by atoms with Gasteiger partial charge in [0.1, 0.15) is 17.1 Å². The Hall–Kier alpha value is -2.71. The zero-order valence-corrected chi connectivity index (χ0v) is 18.5. The van der Waals surface area contributed by atoms with E-state index in [1.807, 2.05) is 0 Å². The van der Waals surface area contributed by atoms with Crippen LogP contribution in [0.4, 0.5) is 8.78 Å². The second-order valence-electron chi connectivity index (χ2n) is 6.74. The molecule has 2 aliphatic rings. The molecule has 0 aliphatic carbocycles. The first kappa shape index (κ1) is 22.5. The van der Waals surface area contributed by atoms with Crippen LogP contribution >= 0.6 is 35.1 Å². The average Bonchev–Trinajstić information content (AvgIpc) is 3.16. The summed E-state index contributed by atoms with van der Waals surface area (Å²) >= 11 is 8.31. The Bertz CT molecular complexity index is 1180. The molecule has 0 saturated carbocycles. The second kappa shape index (κ2) is 8.67. The van der Waals surface area contributed by atoms with Crippen molar-refractivity contribution in [3.8, 4) is 0 Å². The number of rotatable bonds is 6. The lowest BCUT2D eigenvalue weighted by Crippen LogP contribution is -2.70. The number of carbonyl (C=O) groups is 3. The summed E-state index contributed by atoms with van der Waals surface area (Å²) in [6.07, 6.45) is 0. The molecule has 2 aromatic rings. The number of hydrogen-bond donors (Lipinski definition) is 2. The SMILES string of the molecule is Cn1nnnc1SCC1=C(C(=O)O)N2C(=O)C(NC(=O)c3cc(F)c(F)cc3Cl)C2SC1. The monoisotopic (exact) mass is 502 g/mol. The molecule has 10 nitrogen and oxygen atoms in total. The van der Waals surface area contributed by atoms with Gasteiger partial charge in [-0.25, -0.2) is 18.3 Å². The maximum atomic E-state index is 13.5. The lowest BCUT2D eigenvalue weighted by molar-refractivity contribution is -0.148. The number of hydrogen-bond acceptors (Lipinski definition) is 8. The van der Waals surface area contributed by atoms with E-state index in [4.69, 9.17) is 11.6 Å². The van der Waals surface area contributed by atoms with Crippen LogP contribution in [0, 0.1) is 11.6 Å². The number of nitrogens with one attached hydrogen (secondary N) is 1. The first-order chi connectivity index (χ1) is 15.2. The van der Waals surface area contributed by atoms with Crippen molar-refractivity contribution in [2.75, 3.05) is 11.5 Å². The minimum absolute atomic E-state index is 0.155. The third-order valence-electron chi connectivity index (χ3n) is 4.75. The minimum Gasteiger partial charge on any atom is -0.477 e. The Morgan fingerprint density at radius 1 is 1.38 bits per heavy atom. The van der Waals surface area contributed by atoms with Gasteiger partial charge in [-0.15, -0.1) is 16.9 Å². The number of carboxylic acid groups (broad SMARTS) is 1. The fraction of sp³-hybridized carbons (Fsp3) is 0.294. The van der Waals surface area contributed by atoms with Crippen molar-refractivity contribution < 1.29 is 28.3 Å². The lowest BCUT2D eigenvalue weighted by atomic mass is 10.0. The topological polar surface area (TPSA) is 130 Å². The van der Waals surface area contributed by atoms with Crippen LogP contribution in [-0.2, 0) is 16.6 Å². The fourth-order valence-electron chi connectivity index (χ4n) is 3.21. The van der Waals surface area contributed by atoms with Gasteiger partial charge in [0.05, 0.1) is 10.6 Å². The van der Waals surface area contributed by atoms with E-state index in [0.717, 1.165) is 4.90 Å². The van der Waals surface area contributed by atoms with Gasteiger partial charge in [-0.2, -0.15) is 0 Å². The summed E-state index contributed by atoms with van der Waals surface area (Å²) in [7, 11) is 1.64. The highest BCUT2D eigenvalue weighted by Crippen LogP contribution is 2.41. The number of carboxylic acids is 1. The molecule has 1 aromatic heterocycles. The Balaban J connectivity index is 1.51. The quantitative estimate of drug-likeness (QED) is 0.341. The van der Waals surface area contributed by atoms with Crippen molar-refractivity contribution in [3.05, 3.63) is 45.6 Å². The molecule has 1 aromatic carbocycles. The van der Waals surface area contributed by atoms with Gasteiger partial charge in [-0.05, 0) is 28.1 Å². The molecule has 0 bridgehead atoms. The van der Waals surface area contributed by atoms with Gasteiger partial charge >= 0.3 is 5.97 Å². The van der Waals surface area contributed by atoms with E-state index in [1.54, 1.807) is 7.05 Å². The van der Waals surface area contributed by atoms with E-state index in [9.17, 15) is 28.3 Å². The zero-order valence-electron chi connectivity index (χ0n) is 16.1. The van der Waals surface area contributed by atoms with E-state index >= 15 is 0 Å². The highest BCUT2D eigenvalue weighted by molar-refractivity contribution is 8.01. The number of thioether (sulfide) groups is 2. The van der Waals surface area contributed by atoms with Gasteiger partial charge in [0.2, 0.25) is 5.16 Å².